The van der Waals surface area contributed by atoms with Crippen molar-refractivity contribution in [2.24, 2.45) is 0 Å². The van der Waals surface area contributed by atoms with E-state index >= 15 is 0 Å². The molecule has 0 radical (unpaired) electrons. The van der Waals surface area contributed by atoms with Crippen LogP contribution in [0.5, 0.6) is 0 Å². The number of aromatic nitrogens is 2. The zero-order chi connectivity index (χ0) is 19.3. The van der Waals surface area contributed by atoms with Crippen LogP contribution in [0.2, 0.25) is 5.02 Å². The number of amides is 1. The quantitative estimate of drug-likeness (QED) is 0.682. The van der Waals surface area contributed by atoms with Gasteiger partial charge >= 0.3 is 11.8 Å². The van der Waals surface area contributed by atoms with Crippen molar-refractivity contribution in [3.05, 3.63) is 65.0 Å². The van der Waals surface area contributed by atoms with E-state index in [2.05, 4.69) is 32.5 Å². The molecule has 0 bridgehead atoms. The molecule has 0 unspecified atom stereocenters. The monoisotopic (exact) mass is 396 g/mol. The Hall–Kier alpha value is -2.86. The van der Waals surface area contributed by atoms with E-state index in [1.54, 1.807) is 0 Å². The number of hydrogen-bond acceptors (Lipinski definition) is 5. The SMILES string of the molecule is O=C(NCCc1ccc(Cl)cc1)c1nc(-c2ccc(N3CCCC3)cc2)no1. The third-order valence-corrected chi connectivity index (χ3v) is 5.08. The molecule has 1 aromatic heterocycles. The van der Waals surface area contributed by atoms with Crippen molar-refractivity contribution in [1.82, 2.24) is 15.5 Å². The van der Waals surface area contributed by atoms with E-state index < -0.39 is 0 Å². The van der Waals surface area contributed by atoms with Gasteiger partial charge in [-0.25, -0.2) is 0 Å². The Morgan fingerprint density at radius 2 is 1.79 bits per heavy atom. The third-order valence-electron chi connectivity index (χ3n) is 4.83. The van der Waals surface area contributed by atoms with E-state index in [1.807, 2.05) is 36.4 Å². The number of rotatable bonds is 6. The van der Waals surface area contributed by atoms with Gasteiger partial charge in [0.15, 0.2) is 0 Å². The van der Waals surface area contributed by atoms with Gasteiger partial charge in [0.2, 0.25) is 5.82 Å². The van der Waals surface area contributed by atoms with E-state index in [4.69, 9.17) is 16.1 Å². The van der Waals surface area contributed by atoms with Crippen molar-refractivity contribution in [3.8, 4) is 11.4 Å². The summed E-state index contributed by atoms with van der Waals surface area (Å²) in [6, 6.07) is 15.6. The molecule has 1 aliphatic rings. The number of carbonyl (C=O) groups is 1. The molecule has 0 aliphatic carbocycles. The molecule has 0 saturated carbocycles. The number of benzene rings is 2. The van der Waals surface area contributed by atoms with Crippen molar-refractivity contribution in [3.63, 3.8) is 0 Å². The number of carbonyl (C=O) groups excluding carboxylic acids is 1. The first kappa shape index (κ1) is 18.5. The second-order valence-corrected chi connectivity index (χ2v) is 7.23. The molecular formula is C21H21ClN4O2. The van der Waals surface area contributed by atoms with Gasteiger partial charge in [0.05, 0.1) is 0 Å². The van der Waals surface area contributed by atoms with Crippen molar-refractivity contribution in [1.29, 1.82) is 0 Å². The van der Waals surface area contributed by atoms with Crippen molar-refractivity contribution in [2.75, 3.05) is 24.5 Å². The molecule has 1 amide bonds. The predicted molar refractivity (Wildman–Crippen MR) is 109 cm³/mol. The number of anilines is 1. The second kappa shape index (κ2) is 8.44. The topological polar surface area (TPSA) is 71.3 Å². The number of hydrogen-bond donors (Lipinski definition) is 1. The first-order valence-corrected chi connectivity index (χ1v) is 9.78. The highest BCUT2D eigenvalue weighted by molar-refractivity contribution is 6.30. The minimum Gasteiger partial charge on any atom is -0.372 e. The summed E-state index contributed by atoms with van der Waals surface area (Å²) in [5, 5.41) is 7.43. The molecule has 1 N–H and O–H groups in total. The van der Waals surface area contributed by atoms with Crippen molar-refractivity contribution < 1.29 is 9.32 Å². The third kappa shape index (κ3) is 4.34. The molecule has 0 atom stereocenters. The molecule has 1 saturated heterocycles. The van der Waals surface area contributed by atoms with E-state index in [9.17, 15) is 4.79 Å². The van der Waals surface area contributed by atoms with Crippen LogP contribution < -0.4 is 10.2 Å². The van der Waals surface area contributed by atoms with Gasteiger partial charge in [-0.3, -0.25) is 4.79 Å². The maximum Gasteiger partial charge on any atom is 0.316 e. The predicted octanol–water partition coefficient (Wildman–Crippen LogP) is 3.96. The summed E-state index contributed by atoms with van der Waals surface area (Å²) >= 11 is 5.87. The fourth-order valence-electron chi connectivity index (χ4n) is 3.28. The maximum absolute atomic E-state index is 12.2. The van der Waals surface area contributed by atoms with Crippen LogP contribution in [0.15, 0.2) is 53.1 Å². The summed E-state index contributed by atoms with van der Waals surface area (Å²) in [5.74, 6) is 0.00643. The van der Waals surface area contributed by atoms with Gasteiger partial charge in [-0.2, -0.15) is 4.98 Å². The van der Waals surface area contributed by atoms with Crippen LogP contribution >= 0.6 is 11.6 Å². The van der Waals surface area contributed by atoms with E-state index in [1.165, 1.54) is 18.5 Å². The first-order valence-electron chi connectivity index (χ1n) is 9.41. The van der Waals surface area contributed by atoms with Crippen molar-refractivity contribution in [2.45, 2.75) is 19.3 Å². The van der Waals surface area contributed by atoms with E-state index in [0.29, 0.717) is 23.8 Å². The second-order valence-electron chi connectivity index (χ2n) is 6.80. The van der Waals surface area contributed by atoms with Gasteiger partial charge in [0.1, 0.15) is 0 Å². The Bertz CT molecular complexity index is 932. The lowest BCUT2D eigenvalue weighted by atomic mass is 10.1. The lowest BCUT2D eigenvalue weighted by molar-refractivity contribution is 0.0910. The van der Waals surface area contributed by atoms with Gasteiger partial charge in [0, 0.05) is 35.9 Å². The average molecular weight is 397 g/mol. The van der Waals surface area contributed by atoms with Crippen LogP contribution in [-0.4, -0.2) is 35.7 Å². The summed E-state index contributed by atoms with van der Waals surface area (Å²) in [6.07, 6.45) is 3.17. The molecule has 6 nitrogen and oxygen atoms in total. The van der Waals surface area contributed by atoms with Gasteiger partial charge in [0.25, 0.3) is 0 Å². The summed E-state index contributed by atoms with van der Waals surface area (Å²) in [5.41, 5.74) is 3.12. The Morgan fingerprint density at radius 3 is 2.50 bits per heavy atom. The number of halogens is 1. The molecule has 2 aromatic carbocycles. The van der Waals surface area contributed by atoms with Gasteiger partial charge in [-0.1, -0.05) is 28.9 Å². The molecule has 0 spiro atoms. The van der Waals surface area contributed by atoms with Crippen LogP contribution in [0.25, 0.3) is 11.4 Å². The summed E-state index contributed by atoms with van der Waals surface area (Å²) in [4.78, 5) is 18.8. The molecule has 3 aromatic rings. The zero-order valence-electron chi connectivity index (χ0n) is 15.4. The Balaban J connectivity index is 1.34. The molecular weight excluding hydrogens is 376 g/mol. The molecule has 7 heteroatoms. The average Bonchev–Trinajstić information content (AvgIpc) is 3.42. The molecule has 144 valence electrons. The first-order chi connectivity index (χ1) is 13.7. The highest BCUT2D eigenvalue weighted by Gasteiger charge is 2.17. The normalized spacial score (nSPS) is 13.7. The number of nitrogens with zero attached hydrogens (tertiary/aromatic N) is 3. The minimum atomic E-state index is -0.374. The summed E-state index contributed by atoms with van der Waals surface area (Å²) in [7, 11) is 0. The summed E-state index contributed by atoms with van der Waals surface area (Å²) in [6.45, 7) is 2.67. The highest BCUT2D eigenvalue weighted by atomic mass is 35.5. The van der Waals surface area contributed by atoms with Gasteiger partial charge < -0.3 is 14.7 Å². The fourth-order valence-corrected chi connectivity index (χ4v) is 3.40. The zero-order valence-corrected chi connectivity index (χ0v) is 16.2. The van der Waals surface area contributed by atoms with Crippen molar-refractivity contribution >= 4 is 23.2 Å². The fraction of sp³-hybridized carbons (Fsp3) is 0.286. The van der Waals surface area contributed by atoms with Crippen LogP contribution in [0.1, 0.15) is 29.1 Å². The van der Waals surface area contributed by atoms with Crippen LogP contribution in [-0.2, 0) is 6.42 Å². The van der Waals surface area contributed by atoms with Gasteiger partial charge in [-0.05, 0) is 61.2 Å². The molecule has 1 aliphatic heterocycles. The molecule has 4 rings (SSSR count). The Labute approximate surface area is 168 Å². The molecule has 2 heterocycles. The Kier molecular flexibility index (Phi) is 5.58. The van der Waals surface area contributed by atoms with Crippen LogP contribution in [0.3, 0.4) is 0 Å². The highest BCUT2D eigenvalue weighted by Crippen LogP contribution is 2.24. The van der Waals surface area contributed by atoms with Gasteiger partial charge in [-0.15, -0.1) is 0 Å². The largest absolute Gasteiger partial charge is 0.372 e. The Morgan fingerprint density at radius 1 is 1.07 bits per heavy atom. The van der Waals surface area contributed by atoms with E-state index in [0.717, 1.165) is 24.2 Å². The van der Waals surface area contributed by atoms with Crippen LogP contribution in [0.4, 0.5) is 5.69 Å². The van der Waals surface area contributed by atoms with Crippen LogP contribution in [0, 0.1) is 0 Å². The standard InChI is InChI=1S/C21H21ClN4O2/c22-17-7-3-15(4-8-17)11-12-23-20(27)21-24-19(25-28-21)16-5-9-18(10-6-16)26-13-1-2-14-26/h3-10H,1-2,11-14H2,(H,23,27). The summed E-state index contributed by atoms with van der Waals surface area (Å²) < 4.78 is 5.13. The molecule has 1 fully saturated rings. The lowest BCUT2D eigenvalue weighted by Crippen LogP contribution is -2.25. The smallest absolute Gasteiger partial charge is 0.316 e. The molecule has 28 heavy (non-hydrogen) atoms. The lowest BCUT2D eigenvalue weighted by Gasteiger charge is -2.17. The maximum atomic E-state index is 12.2. The number of nitrogens with one attached hydrogen (secondary N) is 1. The minimum absolute atomic E-state index is 0.0327. The van der Waals surface area contributed by atoms with E-state index in [-0.39, 0.29) is 11.8 Å².